The van der Waals surface area contributed by atoms with Crippen molar-refractivity contribution in [2.45, 2.75) is 0 Å². The molecular formula is C17H13ClN6O2. The van der Waals surface area contributed by atoms with E-state index in [1.54, 1.807) is 25.3 Å². The smallest absolute Gasteiger partial charge is 0.282 e. The van der Waals surface area contributed by atoms with E-state index < -0.39 is 0 Å². The Labute approximate surface area is 153 Å². The lowest BCUT2D eigenvalue weighted by molar-refractivity contribution is 0.414. The van der Waals surface area contributed by atoms with E-state index in [1.807, 2.05) is 30.3 Å². The quantitative estimate of drug-likeness (QED) is 0.589. The zero-order valence-corrected chi connectivity index (χ0v) is 14.4. The number of anilines is 1. The van der Waals surface area contributed by atoms with Crippen LogP contribution < -0.4 is 10.5 Å². The fraction of sp³-hybridized carbons (Fsp3) is 0.0588. The van der Waals surface area contributed by atoms with Crippen molar-refractivity contribution in [2.24, 2.45) is 0 Å². The number of hydrogen-bond donors (Lipinski definition) is 1. The van der Waals surface area contributed by atoms with E-state index in [1.165, 1.54) is 4.68 Å². The zero-order valence-electron chi connectivity index (χ0n) is 13.6. The average molecular weight is 369 g/mol. The maximum atomic E-state index is 6.15. The van der Waals surface area contributed by atoms with Gasteiger partial charge in [-0.1, -0.05) is 28.0 Å². The number of nitrogen functional groups attached to an aromatic ring is 1. The maximum absolute atomic E-state index is 6.15. The molecule has 0 saturated heterocycles. The summed E-state index contributed by atoms with van der Waals surface area (Å²) in [6.45, 7) is 0. The van der Waals surface area contributed by atoms with E-state index >= 15 is 0 Å². The van der Waals surface area contributed by atoms with Gasteiger partial charge in [-0.3, -0.25) is 0 Å². The second-order valence-electron chi connectivity index (χ2n) is 5.37. The molecule has 130 valence electrons. The molecule has 0 atom stereocenters. The molecule has 26 heavy (non-hydrogen) atoms. The van der Waals surface area contributed by atoms with Gasteiger partial charge in [0.25, 0.3) is 5.89 Å². The Morgan fingerprint density at radius 3 is 2.69 bits per heavy atom. The lowest BCUT2D eigenvalue weighted by Gasteiger charge is -2.02. The highest BCUT2D eigenvalue weighted by atomic mass is 35.5. The fourth-order valence-electron chi connectivity index (χ4n) is 2.42. The van der Waals surface area contributed by atoms with Gasteiger partial charge in [0.05, 0.1) is 12.8 Å². The van der Waals surface area contributed by atoms with E-state index in [4.69, 9.17) is 26.6 Å². The van der Waals surface area contributed by atoms with Crippen LogP contribution in [-0.2, 0) is 0 Å². The average Bonchev–Trinajstić information content (AvgIpc) is 3.28. The Morgan fingerprint density at radius 2 is 1.96 bits per heavy atom. The third kappa shape index (κ3) is 2.86. The molecule has 0 amide bonds. The number of nitrogens with two attached hydrogens (primary N) is 1. The first-order valence-electron chi connectivity index (χ1n) is 7.61. The summed E-state index contributed by atoms with van der Waals surface area (Å²) in [6.07, 6.45) is 0. The van der Waals surface area contributed by atoms with Crippen LogP contribution in [0.25, 0.3) is 28.7 Å². The highest BCUT2D eigenvalue weighted by Crippen LogP contribution is 2.27. The minimum Gasteiger partial charge on any atom is -0.497 e. The largest absolute Gasteiger partial charge is 0.497 e. The molecule has 4 rings (SSSR count). The van der Waals surface area contributed by atoms with Crippen LogP contribution in [0.1, 0.15) is 0 Å². The van der Waals surface area contributed by atoms with Crippen LogP contribution in [0.3, 0.4) is 0 Å². The van der Waals surface area contributed by atoms with Gasteiger partial charge in [0.1, 0.15) is 5.75 Å². The van der Waals surface area contributed by atoms with Gasteiger partial charge in [-0.05, 0) is 42.5 Å². The molecule has 0 spiro atoms. The molecule has 0 radical (unpaired) electrons. The van der Waals surface area contributed by atoms with E-state index in [9.17, 15) is 0 Å². The van der Waals surface area contributed by atoms with Gasteiger partial charge < -0.3 is 15.0 Å². The highest BCUT2D eigenvalue weighted by Gasteiger charge is 2.20. The van der Waals surface area contributed by atoms with Crippen molar-refractivity contribution in [1.29, 1.82) is 0 Å². The van der Waals surface area contributed by atoms with Crippen LogP contribution in [0.2, 0.25) is 5.02 Å². The van der Waals surface area contributed by atoms with Gasteiger partial charge in [-0.2, -0.15) is 9.67 Å². The number of aromatic nitrogens is 5. The van der Waals surface area contributed by atoms with Gasteiger partial charge in [0.2, 0.25) is 5.82 Å². The number of benzene rings is 2. The van der Waals surface area contributed by atoms with Crippen LogP contribution in [0.5, 0.6) is 5.75 Å². The Balaban J connectivity index is 1.68. The third-order valence-corrected chi connectivity index (χ3v) is 3.97. The molecule has 2 aromatic carbocycles. The molecule has 4 aromatic rings. The predicted octanol–water partition coefficient (Wildman–Crippen LogP) is 3.23. The number of halogens is 1. The van der Waals surface area contributed by atoms with E-state index in [-0.39, 0.29) is 11.7 Å². The molecule has 9 heteroatoms. The summed E-state index contributed by atoms with van der Waals surface area (Å²) >= 11 is 6.01. The second kappa shape index (κ2) is 6.49. The molecule has 0 aliphatic carbocycles. The summed E-state index contributed by atoms with van der Waals surface area (Å²) in [5, 5.41) is 12.6. The summed E-state index contributed by atoms with van der Waals surface area (Å²) in [6, 6.07) is 14.4. The molecule has 8 nitrogen and oxygen atoms in total. The van der Waals surface area contributed by atoms with Crippen molar-refractivity contribution < 1.29 is 9.26 Å². The SMILES string of the molecule is COc1ccc(-c2noc(-c3nnn(-c4cccc(Cl)c4)c3N)n2)cc1. The monoisotopic (exact) mass is 368 g/mol. The van der Waals surface area contributed by atoms with Gasteiger partial charge in [0, 0.05) is 10.6 Å². The lowest BCUT2D eigenvalue weighted by atomic mass is 10.2. The van der Waals surface area contributed by atoms with Gasteiger partial charge >= 0.3 is 0 Å². The maximum Gasteiger partial charge on any atom is 0.282 e. The topological polar surface area (TPSA) is 105 Å². The standard InChI is InChI=1S/C17H13ClN6O2/c1-25-13-7-5-10(6-8-13)16-20-17(26-22-16)14-15(19)24(23-21-14)12-4-2-3-11(18)9-12/h2-9H,19H2,1H3. The van der Waals surface area contributed by atoms with Crippen LogP contribution in [0, 0.1) is 0 Å². The molecule has 2 N–H and O–H groups in total. The van der Waals surface area contributed by atoms with Gasteiger partial charge in [-0.15, -0.1) is 5.10 Å². The van der Waals surface area contributed by atoms with E-state index in [0.717, 1.165) is 11.3 Å². The third-order valence-electron chi connectivity index (χ3n) is 3.73. The highest BCUT2D eigenvalue weighted by molar-refractivity contribution is 6.30. The normalized spacial score (nSPS) is 10.8. The van der Waals surface area contributed by atoms with Gasteiger partial charge in [0.15, 0.2) is 11.5 Å². The fourth-order valence-corrected chi connectivity index (χ4v) is 2.60. The molecule has 0 aliphatic heterocycles. The molecule has 0 unspecified atom stereocenters. The Bertz CT molecular complexity index is 1060. The molecule has 0 fully saturated rings. The molecule has 0 saturated carbocycles. The molecule has 0 aliphatic rings. The first kappa shape index (κ1) is 16.1. The van der Waals surface area contributed by atoms with Crippen molar-refractivity contribution >= 4 is 17.4 Å². The van der Waals surface area contributed by atoms with Crippen molar-refractivity contribution in [3.8, 4) is 34.4 Å². The van der Waals surface area contributed by atoms with Crippen molar-refractivity contribution in [1.82, 2.24) is 25.1 Å². The molecular weight excluding hydrogens is 356 g/mol. The first-order valence-corrected chi connectivity index (χ1v) is 7.99. The minimum absolute atomic E-state index is 0.182. The van der Waals surface area contributed by atoms with Crippen LogP contribution in [-0.4, -0.2) is 32.2 Å². The van der Waals surface area contributed by atoms with Crippen molar-refractivity contribution in [3.05, 3.63) is 53.6 Å². The first-order chi connectivity index (χ1) is 12.7. The Kier molecular flexibility index (Phi) is 4.02. The molecule has 2 aromatic heterocycles. The number of nitrogens with zero attached hydrogens (tertiary/aromatic N) is 5. The molecule has 0 bridgehead atoms. The van der Waals surface area contributed by atoms with Crippen LogP contribution >= 0.6 is 11.6 Å². The summed E-state index contributed by atoms with van der Waals surface area (Å²) in [5.41, 5.74) is 7.92. The van der Waals surface area contributed by atoms with Crippen LogP contribution in [0.15, 0.2) is 53.1 Å². The summed E-state index contributed by atoms with van der Waals surface area (Å²) in [7, 11) is 1.60. The number of ether oxygens (including phenoxy) is 1. The Morgan fingerprint density at radius 1 is 1.15 bits per heavy atom. The van der Waals surface area contributed by atoms with Crippen molar-refractivity contribution in [3.63, 3.8) is 0 Å². The molecule has 2 heterocycles. The predicted molar refractivity (Wildman–Crippen MR) is 96.1 cm³/mol. The summed E-state index contributed by atoms with van der Waals surface area (Å²) < 4.78 is 11.9. The van der Waals surface area contributed by atoms with E-state index in [0.29, 0.717) is 22.2 Å². The number of rotatable bonds is 4. The van der Waals surface area contributed by atoms with Gasteiger partial charge in [-0.25, -0.2) is 0 Å². The Hall–Kier alpha value is -3.39. The number of hydrogen-bond acceptors (Lipinski definition) is 7. The minimum atomic E-state index is 0.182. The van der Waals surface area contributed by atoms with E-state index in [2.05, 4.69) is 20.5 Å². The summed E-state index contributed by atoms with van der Waals surface area (Å²) in [5.74, 6) is 1.62. The van der Waals surface area contributed by atoms with Crippen LogP contribution in [0.4, 0.5) is 5.82 Å². The zero-order chi connectivity index (χ0) is 18.1. The summed E-state index contributed by atoms with van der Waals surface area (Å²) in [4.78, 5) is 4.35. The lowest BCUT2D eigenvalue weighted by Crippen LogP contribution is -2.02. The number of methoxy groups -OCH3 is 1. The second-order valence-corrected chi connectivity index (χ2v) is 5.80. The van der Waals surface area contributed by atoms with Crippen molar-refractivity contribution in [2.75, 3.05) is 12.8 Å².